The number of nitrogens with zero attached hydrogens (tertiary/aromatic N) is 3. The molecule has 0 aliphatic heterocycles. The molecule has 94 valence electrons. The number of hydrogen-bond acceptors (Lipinski definition) is 3. The highest BCUT2D eigenvalue weighted by Crippen LogP contribution is 2.24. The first kappa shape index (κ1) is 13.5. The lowest BCUT2D eigenvalue weighted by atomic mass is 10.1. The molecule has 0 bridgehead atoms. The average molecular weight is 246 g/mol. The minimum Gasteiger partial charge on any atom is -0.313 e. The van der Waals surface area contributed by atoms with Gasteiger partial charge in [0.1, 0.15) is 0 Å². The minimum absolute atomic E-state index is 0.343. The first-order chi connectivity index (χ1) is 7.93. The lowest BCUT2D eigenvalue weighted by molar-refractivity contribution is -0.157. The van der Waals surface area contributed by atoms with E-state index in [9.17, 15) is 13.2 Å². The molecule has 1 atom stereocenters. The van der Waals surface area contributed by atoms with E-state index in [1.165, 1.54) is 6.07 Å². The number of alkyl halides is 3. The third-order valence-corrected chi connectivity index (χ3v) is 2.18. The molecule has 4 nitrogen and oxygen atoms in total. The maximum Gasteiger partial charge on any atom is 0.405 e. The molecular formula is C10H13F3N4. The molecule has 0 aromatic carbocycles. The Labute approximate surface area is 97.0 Å². The van der Waals surface area contributed by atoms with E-state index in [2.05, 4.69) is 10.4 Å². The lowest BCUT2D eigenvalue weighted by Gasteiger charge is -2.13. The average Bonchev–Trinajstić information content (AvgIpc) is 2.62. The quantitative estimate of drug-likeness (QED) is 0.801. The highest BCUT2D eigenvalue weighted by Gasteiger charge is 2.39. The van der Waals surface area contributed by atoms with Crippen molar-refractivity contribution in [3.63, 3.8) is 0 Å². The third kappa shape index (κ3) is 4.44. The van der Waals surface area contributed by atoms with Crippen LogP contribution in [0.15, 0.2) is 12.4 Å². The van der Waals surface area contributed by atoms with Gasteiger partial charge in [-0.1, -0.05) is 0 Å². The van der Waals surface area contributed by atoms with Crippen LogP contribution in [0.4, 0.5) is 13.2 Å². The Morgan fingerprint density at radius 1 is 1.59 bits per heavy atom. The molecule has 7 heteroatoms. The molecule has 0 amide bonds. The van der Waals surface area contributed by atoms with Crippen molar-refractivity contribution < 1.29 is 13.2 Å². The molecule has 0 aliphatic carbocycles. The van der Waals surface area contributed by atoms with Gasteiger partial charge in [0.15, 0.2) is 5.92 Å². The highest BCUT2D eigenvalue weighted by atomic mass is 19.4. The molecule has 1 heterocycles. The van der Waals surface area contributed by atoms with Gasteiger partial charge in [0.2, 0.25) is 0 Å². The van der Waals surface area contributed by atoms with Crippen LogP contribution < -0.4 is 5.32 Å². The van der Waals surface area contributed by atoms with Gasteiger partial charge in [-0.2, -0.15) is 23.5 Å². The molecule has 0 radical (unpaired) electrons. The van der Waals surface area contributed by atoms with Gasteiger partial charge in [0, 0.05) is 19.3 Å². The zero-order valence-corrected chi connectivity index (χ0v) is 9.33. The second-order valence-corrected chi connectivity index (χ2v) is 3.71. The summed E-state index contributed by atoms with van der Waals surface area (Å²) >= 11 is 0. The summed E-state index contributed by atoms with van der Waals surface area (Å²) in [6.45, 7) is 2.31. The van der Waals surface area contributed by atoms with Gasteiger partial charge in [0.05, 0.1) is 18.8 Å². The van der Waals surface area contributed by atoms with Crippen LogP contribution in [0.25, 0.3) is 0 Å². The topological polar surface area (TPSA) is 53.6 Å². The van der Waals surface area contributed by atoms with Crippen molar-refractivity contribution in [2.75, 3.05) is 13.1 Å². The first-order valence-electron chi connectivity index (χ1n) is 5.09. The van der Waals surface area contributed by atoms with E-state index < -0.39 is 12.1 Å². The Morgan fingerprint density at radius 2 is 2.29 bits per heavy atom. The summed E-state index contributed by atoms with van der Waals surface area (Å²) in [6, 6.07) is 1.23. The van der Waals surface area contributed by atoms with Crippen LogP contribution in [0.1, 0.15) is 5.56 Å². The van der Waals surface area contributed by atoms with E-state index in [0.29, 0.717) is 13.1 Å². The van der Waals surface area contributed by atoms with Crippen molar-refractivity contribution in [3.8, 4) is 6.07 Å². The second-order valence-electron chi connectivity index (χ2n) is 3.71. The first-order valence-corrected chi connectivity index (χ1v) is 5.09. The fourth-order valence-electron chi connectivity index (χ4n) is 1.26. The fourth-order valence-corrected chi connectivity index (χ4v) is 1.26. The second kappa shape index (κ2) is 5.68. The molecule has 0 saturated carbocycles. The molecule has 1 aromatic heterocycles. The molecule has 0 spiro atoms. The highest BCUT2D eigenvalue weighted by molar-refractivity contribution is 4.99. The van der Waals surface area contributed by atoms with Gasteiger partial charge in [-0.05, 0) is 12.5 Å². The number of rotatable bonds is 5. The van der Waals surface area contributed by atoms with Crippen LogP contribution in [0.5, 0.6) is 0 Å². The third-order valence-electron chi connectivity index (χ3n) is 2.18. The largest absolute Gasteiger partial charge is 0.405 e. The van der Waals surface area contributed by atoms with Crippen molar-refractivity contribution in [1.29, 1.82) is 5.26 Å². The molecule has 0 fully saturated rings. The van der Waals surface area contributed by atoms with E-state index in [0.717, 1.165) is 5.56 Å². The van der Waals surface area contributed by atoms with Gasteiger partial charge in [-0.15, -0.1) is 0 Å². The molecule has 0 aliphatic rings. The number of aromatic nitrogens is 2. The van der Waals surface area contributed by atoms with Crippen LogP contribution in [0.2, 0.25) is 0 Å². The maximum atomic E-state index is 12.2. The summed E-state index contributed by atoms with van der Waals surface area (Å²) in [7, 11) is 0. The summed E-state index contributed by atoms with van der Waals surface area (Å²) < 4.78 is 38.2. The van der Waals surface area contributed by atoms with E-state index in [-0.39, 0.29) is 6.54 Å². The molecule has 17 heavy (non-hydrogen) atoms. The Kier molecular flexibility index (Phi) is 4.52. The number of nitrogens with one attached hydrogen (secondary N) is 1. The summed E-state index contributed by atoms with van der Waals surface area (Å²) in [5, 5.41) is 14.9. The van der Waals surface area contributed by atoms with Gasteiger partial charge >= 0.3 is 6.18 Å². The zero-order chi connectivity index (χ0) is 12.9. The van der Waals surface area contributed by atoms with Gasteiger partial charge in [-0.25, -0.2) is 0 Å². The number of halogens is 3. The Balaban J connectivity index is 2.26. The molecule has 1 rings (SSSR count). The summed E-state index contributed by atoms with van der Waals surface area (Å²) in [6.07, 6.45) is -0.995. The van der Waals surface area contributed by atoms with Crippen molar-refractivity contribution in [3.05, 3.63) is 18.0 Å². The monoisotopic (exact) mass is 246 g/mol. The molecular weight excluding hydrogens is 233 g/mol. The van der Waals surface area contributed by atoms with E-state index in [1.54, 1.807) is 17.1 Å². The number of nitriles is 1. The lowest BCUT2D eigenvalue weighted by Crippen LogP contribution is -2.34. The summed E-state index contributed by atoms with van der Waals surface area (Å²) in [5.74, 6) is -1.96. The summed E-state index contributed by atoms with van der Waals surface area (Å²) in [4.78, 5) is 0. The normalized spacial score (nSPS) is 13.4. The Morgan fingerprint density at radius 3 is 2.76 bits per heavy atom. The van der Waals surface area contributed by atoms with E-state index >= 15 is 0 Å². The predicted octanol–water partition coefficient (Wildman–Crippen LogP) is 1.48. The van der Waals surface area contributed by atoms with Crippen LogP contribution >= 0.6 is 0 Å². The standard InChI is InChI=1S/C10H13F3N4/c1-8-5-16-17(7-8)3-2-15-6-9(4-14)10(11,12)13/h5,7,9,15H,2-3,6H2,1H3. The van der Waals surface area contributed by atoms with Crippen LogP contribution in [0.3, 0.4) is 0 Å². The maximum absolute atomic E-state index is 12.2. The molecule has 1 aromatic rings. The van der Waals surface area contributed by atoms with Crippen LogP contribution in [0, 0.1) is 24.2 Å². The molecule has 0 saturated heterocycles. The van der Waals surface area contributed by atoms with E-state index in [1.807, 2.05) is 6.92 Å². The number of aryl methyl sites for hydroxylation is 1. The van der Waals surface area contributed by atoms with Crippen molar-refractivity contribution >= 4 is 0 Å². The van der Waals surface area contributed by atoms with Gasteiger partial charge in [0.25, 0.3) is 0 Å². The van der Waals surface area contributed by atoms with Crippen LogP contribution in [-0.4, -0.2) is 29.0 Å². The minimum atomic E-state index is -4.47. The Hall–Kier alpha value is -1.55. The summed E-state index contributed by atoms with van der Waals surface area (Å²) in [5.41, 5.74) is 0.996. The van der Waals surface area contributed by atoms with Crippen molar-refractivity contribution in [2.24, 2.45) is 5.92 Å². The van der Waals surface area contributed by atoms with Gasteiger partial charge < -0.3 is 5.32 Å². The SMILES string of the molecule is Cc1cnn(CCNCC(C#N)C(F)(F)F)c1. The smallest absolute Gasteiger partial charge is 0.313 e. The fraction of sp³-hybridized carbons (Fsp3) is 0.600. The predicted molar refractivity (Wildman–Crippen MR) is 55.0 cm³/mol. The van der Waals surface area contributed by atoms with Crippen molar-refractivity contribution in [1.82, 2.24) is 15.1 Å². The molecule has 1 unspecified atom stereocenters. The van der Waals surface area contributed by atoms with Gasteiger partial charge in [-0.3, -0.25) is 4.68 Å². The number of hydrogen-bond donors (Lipinski definition) is 1. The van der Waals surface area contributed by atoms with Crippen LogP contribution in [-0.2, 0) is 6.54 Å². The van der Waals surface area contributed by atoms with Crippen molar-refractivity contribution in [2.45, 2.75) is 19.6 Å². The Bertz CT molecular complexity index is 391. The van der Waals surface area contributed by atoms with E-state index in [4.69, 9.17) is 5.26 Å². The zero-order valence-electron chi connectivity index (χ0n) is 9.33. The molecule has 1 N–H and O–H groups in total.